The Morgan fingerprint density at radius 3 is 1.35 bits per heavy atom. The molecule has 0 aliphatic carbocycles. The summed E-state index contributed by atoms with van der Waals surface area (Å²) < 4.78 is 0. The number of hydrogen-bond donors (Lipinski definition) is 0. The quantitative estimate of drug-likeness (QED) is 0.199. The summed E-state index contributed by atoms with van der Waals surface area (Å²) in [6.07, 6.45) is 6.53. The summed E-state index contributed by atoms with van der Waals surface area (Å²) in [5, 5.41) is 5.39. The van der Waals surface area contributed by atoms with Gasteiger partial charge in [-0.05, 0) is 0 Å². The van der Waals surface area contributed by atoms with Gasteiger partial charge in [-0.2, -0.15) is 26.0 Å². The SMILES string of the molecule is C[CH-]C.Cc1cc2ccccc2[cH-]1.Cc1cc2ccccc2[cH-]1.[CH-]=[SiH2].[Hf+4]. The average Bonchev–Trinajstić information content (AvgIpc) is 3.18. The maximum atomic E-state index is 4.53. The van der Waals surface area contributed by atoms with Crippen molar-refractivity contribution in [2.75, 3.05) is 0 Å². The number of aryl methyl sites for hydroxylation is 2. The average molecular weight is 523 g/mol. The fraction of sp³-hybridized carbons (Fsp3) is 0.167. The predicted octanol–water partition coefficient (Wildman–Crippen LogP) is 5.89. The largest absolute Gasteiger partial charge is 4.00 e. The zero-order valence-corrected chi connectivity index (χ0v) is 21.3. The monoisotopic (exact) mass is 524 g/mol. The molecule has 0 N–H and O–H groups in total. The van der Waals surface area contributed by atoms with E-state index in [1.807, 2.05) is 20.3 Å². The first-order valence-electron chi connectivity index (χ1n) is 8.53. The maximum Gasteiger partial charge on any atom is 4.00 e. The number of hydrogen-bond acceptors (Lipinski definition) is 0. The van der Waals surface area contributed by atoms with Crippen LogP contribution in [0.5, 0.6) is 0 Å². The Kier molecular flexibility index (Phi) is 13.0. The van der Waals surface area contributed by atoms with Crippen molar-refractivity contribution in [2.24, 2.45) is 0 Å². The van der Waals surface area contributed by atoms with Crippen LogP contribution < -0.4 is 0 Å². The van der Waals surface area contributed by atoms with E-state index in [-0.39, 0.29) is 25.8 Å². The van der Waals surface area contributed by atoms with E-state index in [2.05, 4.69) is 92.8 Å². The van der Waals surface area contributed by atoms with E-state index >= 15 is 0 Å². The van der Waals surface area contributed by atoms with E-state index in [0.717, 1.165) is 0 Å². The van der Waals surface area contributed by atoms with Crippen molar-refractivity contribution in [1.82, 2.24) is 0 Å². The molecule has 4 rings (SSSR count). The molecule has 0 saturated carbocycles. The van der Waals surface area contributed by atoms with Gasteiger partial charge >= 0.3 is 25.8 Å². The van der Waals surface area contributed by atoms with Gasteiger partial charge in [0.1, 0.15) is 0 Å². The summed E-state index contributed by atoms with van der Waals surface area (Å²) in [5.41, 5.74) is 2.70. The van der Waals surface area contributed by atoms with Gasteiger partial charge in [-0.25, -0.2) is 9.85 Å². The third-order valence-electron chi connectivity index (χ3n) is 3.52. The van der Waals surface area contributed by atoms with Crippen LogP contribution in [0.25, 0.3) is 21.5 Å². The van der Waals surface area contributed by atoms with Crippen LogP contribution in [0.2, 0.25) is 0 Å². The number of rotatable bonds is 0. The molecule has 2 heteroatoms. The fourth-order valence-electron chi connectivity index (χ4n) is 2.61. The second-order valence-electron chi connectivity index (χ2n) is 5.90. The van der Waals surface area contributed by atoms with E-state index in [4.69, 9.17) is 0 Å². The van der Waals surface area contributed by atoms with Gasteiger partial charge < -0.3 is 12.6 Å². The van der Waals surface area contributed by atoms with Gasteiger partial charge in [0, 0.05) is 0 Å². The number of benzene rings is 2. The van der Waals surface area contributed by atoms with E-state index in [0.29, 0.717) is 0 Å². The molecule has 0 fully saturated rings. The van der Waals surface area contributed by atoms with Gasteiger partial charge in [0.05, 0.1) is 0 Å². The predicted molar refractivity (Wildman–Crippen MR) is 119 cm³/mol. The molecule has 132 valence electrons. The van der Waals surface area contributed by atoms with Crippen LogP contribution in [0.3, 0.4) is 0 Å². The van der Waals surface area contributed by atoms with Crippen LogP contribution in [-0.4, -0.2) is 16.0 Å². The Balaban J connectivity index is 0.000000376. The molecular weight excluding hydrogens is 495 g/mol. The van der Waals surface area contributed by atoms with Gasteiger partial charge in [-0.1, -0.05) is 26.0 Å². The molecule has 0 spiro atoms. The minimum absolute atomic E-state index is 0. The summed E-state index contributed by atoms with van der Waals surface area (Å²) in [7, 11) is 1.36. The van der Waals surface area contributed by atoms with Gasteiger partial charge in [-0.15, -0.1) is 81.2 Å². The summed E-state index contributed by atoms with van der Waals surface area (Å²) in [5.74, 6) is 0. The Morgan fingerprint density at radius 1 is 0.731 bits per heavy atom. The van der Waals surface area contributed by atoms with Crippen molar-refractivity contribution in [3.05, 3.63) is 90.3 Å². The second-order valence-corrected chi connectivity index (χ2v) is 5.90. The molecule has 0 saturated heterocycles. The van der Waals surface area contributed by atoms with Crippen LogP contribution >= 0.6 is 0 Å². The molecule has 4 aromatic rings. The van der Waals surface area contributed by atoms with Gasteiger partial charge in [0.25, 0.3) is 0 Å². The molecule has 0 amide bonds. The van der Waals surface area contributed by atoms with Gasteiger partial charge in [-0.3, -0.25) is 0 Å². The van der Waals surface area contributed by atoms with Crippen molar-refractivity contribution in [3.63, 3.8) is 0 Å². The minimum Gasteiger partial charge on any atom is -0.533 e. The smallest absolute Gasteiger partial charge is 0.533 e. The molecule has 4 aromatic carbocycles. The fourth-order valence-corrected chi connectivity index (χ4v) is 2.61. The zero-order chi connectivity index (χ0) is 18.7. The zero-order valence-electron chi connectivity index (χ0n) is 16.3. The van der Waals surface area contributed by atoms with Gasteiger partial charge in [0.2, 0.25) is 0 Å². The molecule has 0 aliphatic heterocycles. The summed E-state index contributed by atoms with van der Waals surface area (Å²) in [6, 6.07) is 25.7. The maximum absolute atomic E-state index is 4.53. The minimum atomic E-state index is 0. The number of fused-ring (bicyclic) bond motifs is 2. The molecular formula is C24H28HfSi. The Bertz CT molecular complexity index is 732. The summed E-state index contributed by atoms with van der Waals surface area (Å²) in [6.45, 7) is 8.25. The van der Waals surface area contributed by atoms with Gasteiger partial charge in [0.15, 0.2) is 0 Å². The van der Waals surface area contributed by atoms with E-state index in [1.54, 1.807) is 0 Å². The van der Waals surface area contributed by atoms with Crippen molar-refractivity contribution >= 4 is 37.6 Å². The topological polar surface area (TPSA) is 0 Å². The first-order chi connectivity index (χ1) is 12.1. The molecule has 0 aliphatic rings. The third-order valence-corrected chi connectivity index (χ3v) is 3.52. The molecule has 0 heterocycles. The Labute approximate surface area is 180 Å². The molecule has 26 heavy (non-hydrogen) atoms. The van der Waals surface area contributed by atoms with Crippen LogP contribution in [0.1, 0.15) is 25.0 Å². The summed E-state index contributed by atoms with van der Waals surface area (Å²) in [4.78, 5) is 0. The first kappa shape index (κ1) is 24.6. The summed E-state index contributed by atoms with van der Waals surface area (Å²) >= 11 is 0. The molecule has 0 radical (unpaired) electrons. The van der Waals surface area contributed by atoms with Crippen molar-refractivity contribution in [3.8, 4) is 0 Å². The molecule has 0 aromatic heterocycles. The van der Waals surface area contributed by atoms with Crippen molar-refractivity contribution in [2.45, 2.75) is 27.7 Å². The third kappa shape index (κ3) is 7.88. The van der Waals surface area contributed by atoms with E-state index in [1.165, 1.54) is 42.5 Å². The molecule has 0 atom stereocenters. The van der Waals surface area contributed by atoms with E-state index in [9.17, 15) is 0 Å². The second kappa shape index (κ2) is 13.8. The van der Waals surface area contributed by atoms with Crippen LogP contribution in [0.4, 0.5) is 0 Å². The normalized spacial score (nSPS) is 8.92. The van der Waals surface area contributed by atoms with Crippen LogP contribution in [0.15, 0.2) is 72.8 Å². The molecule has 0 bridgehead atoms. The standard InChI is InChI=1S/2C10H9.C3H7.CH3Si.Hf/c2*1-8-6-9-4-2-3-5-10(9)7-8;1-3-2;1-2;/h2*2-7H,1H3;3H,1-2H3;1H,2H2;/q4*-1;+4. The molecule has 0 nitrogen and oxygen atoms in total. The van der Waals surface area contributed by atoms with Crippen LogP contribution in [0, 0.1) is 20.3 Å². The van der Waals surface area contributed by atoms with Crippen molar-refractivity contribution < 1.29 is 25.8 Å². The van der Waals surface area contributed by atoms with Crippen molar-refractivity contribution in [1.29, 1.82) is 0 Å². The van der Waals surface area contributed by atoms with Crippen LogP contribution in [-0.2, 0) is 25.8 Å². The van der Waals surface area contributed by atoms with E-state index < -0.39 is 0 Å². The molecule has 0 unspecified atom stereocenters. The Hall–Kier alpha value is -1.38. The Morgan fingerprint density at radius 2 is 1.04 bits per heavy atom. The first-order valence-corrected chi connectivity index (χ1v) is 9.34.